The number of likely N-dealkylation sites (tertiary alicyclic amines) is 1. The summed E-state index contributed by atoms with van der Waals surface area (Å²) in [7, 11) is 2.69. The summed E-state index contributed by atoms with van der Waals surface area (Å²) < 4.78 is 20.3. The van der Waals surface area contributed by atoms with Crippen LogP contribution in [0.3, 0.4) is 0 Å². The van der Waals surface area contributed by atoms with Crippen LogP contribution in [-0.4, -0.2) is 56.8 Å². The number of carbonyl (C=O) groups excluding carboxylic acids is 3. The minimum Gasteiger partial charge on any atom is -0.493 e. The van der Waals surface area contributed by atoms with E-state index in [1.807, 2.05) is 0 Å². The standard InChI is InChI=1S/C18H23NO7/c1-4-25-18(22)19-9-5-6-13(11-19)17(21)26-14-8-7-12(16(20)24-3)10-15(14)23-2/h7-8,10,13H,4-6,9,11H2,1-3H3/t13-/m1/s1. The van der Waals surface area contributed by atoms with Gasteiger partial charge in [0.05, 0.1) is 32.3 Å². The average Bonchev–Trinajstić information content (AvgIpc) is 2.67. The number of hydrogen-bond acceptors (Lipinski definition) is 7. The van der Waals surface area contributed by atoms with E-state index in [-0.39, 0.29) is 30.2 Å². The van der Waals surface area contributed by atoms with E-state index in [2.05, 4.69) is 4.74 Å². The van der Waals surface area contributed by atoms with Crippen LogP contribution in [-0.2, 0) is 14.3 Å². The molecule has 1 aromatic rings. The Labute approximate surface area is 152 Å². The van der Waals surface area contributed by atoms with Crippen molar-refractivity contribution in [2.24, 2.45) is 5.92 Å². The SMILES string of the molecule is CCOC(=O)N1CCC[C@@H](C(=O)Oc2ccc(C(=O)OC)cc2OC)C1. The van der Waals surface area contributed by atoms with Gasteiger partial charge in [0.25, 0.3) is 0 Å². The molecular weight excluding hydrogens is 342 g/mol. The zero-order valence-corrected chi connectivity index (χ0v) is 15.1. The molecule has 1 saturated heterocycles. The highest BCUT2D eigenvalue weighted by molar-refractivity contribution is 5.90. The molecule has 1 atom stereocenters. The maximum Gasteiger partial charge on any atom is 0.409 e. The van der Waals surface area contributed by atoms with E-state index >= 15 is 0 Å². The van der Waals surface area contributed by atoms with Crippen LogP contribution in [0.1, 0.15) is 30.1 Å². The van der Waals surface area contributed by atoms with Gasteiger partial charge < -0.3 is 23.8 Å². The topological polar surface area (TPSA) is 91.4 Å². The molecule has 0 saturated carbocycles. The maximum absolute atomic E-state index is 12.5. The molecule has 2 rings (SSSR count). The summed E-state index contributed by atoms with van der Waals surface area (Å²) in [5, 5.41) is 0. The molecule has 1 aromatic carbocycles. The van der Waals surface area contributed by atoms with Gasteiger partial charge in [-0.1, -0.05) is 0 Å². The second kappa shape index (κ2) is 9.07. The summed E-state index contributed by atoms with van der Waals surface area (Å²) in [6.07, 6.45) is 0.888. The minimum absolute atomic E-state index is 0.207. The van der Waals surface area contributed by atoms with Crippen LogP contribution in [0, 0.1) is 5.92 Å². The van der Waals surface area contributed by atoms with Crippen LogP contribution in [0.15, 0.2) is 18.2 Å². The van der Waals surface area contributed by atoms with E-state index in [1.54, 1.807) is 6.92 Å². The van der Waals surface area contributed by atoms with Crippen molar-refractivity contribution in [3.63, 3.8) is 0 Å². The number of methoxy groups -OCH3 is 2. The van der Waals surface area contributed by atoms with Crippen LogP contribution in [0.4, 0.5) is 4.79 Å². The highest BCUT2D eigenvalue weighted by Gasteiger charge is 2.31. The van der Waals surface area contributed by atoms with Crippen molar-refractivity contribution in [2.75, 3.05) is 33.9 Å². The number of ether oxygens (including phenoxy) is 4. The molecule has 0 N–H and O–H groups in total. The van der Waals surface area contributed by atoms with Crippen molar-refractivity contribution in [1.29, 1.82) is 0 Å². The number of nitrogens with zero attached hydrogens (tertiary/aromatic N) is 1. The quantitative estimate of drug-likeness (QED) is 0.584. The van der Waals surface area contributed by atoms with Crippen molar-refractivity contribution >= 4 is 18.0 Å². The van der Waals surface area contributed by atoms with Gasteiger partial charge in [-0.05, 0) is 38.0 Å². The van der Waals surface area contributed by atoms with Gasteiger partial charge in [0, 0.05) is 13.1 Å². The van der Waals surface area contributed by atoms with Gasteiger partial charge in [0.15, 0.2) is 11.5 Å². The van der Waals surface area contributed by atoms with Crippen LogP contribution in [0.2, 0.25) is 0 Å². The minimum atomic E-state index is -0.515. The molecule has 0 aromatic heterocycles. The summed E-state index contributed by atoms with van der Waals surface area (Å²) in [6, 6.07) is 4.41. The van der Waals surface area contributed by atoms with Gasteiger partial charge in [-0.25, -0.2) is 9.59 Å². The number of piperidine rings is 1. The Morgan fingerprint density at radius 1 is 1.19 bits per heavy atom. The van der Waals surface area contributed by atoms with Crippen molar-refractivity contribution in [3.05, 3.63) is 23.8 Å². The lowest BCUT2D eigenvalue weighted by atomic mass is 9.98. The summed E-state index contributed by atoms with van der Waals surface area (Å²) >= 11 is 0. The average molecular weight is 365 g/mol. The second-order valence-corrected chi connectivity index (χ2v) is 5.76. The highest BCUT2D eigenvalue weighted by Crippen LogP contribution is 2.30. The molecule has 142 valence electrons. The van der Waals surface area contributed by atoms with Crippen LogP contribution < -0.4 is 9.47 Å². The first-order valence-corrected chi connectivity index (χ1v) is 8.39. The zero-order chi connectivity index (χ0) is 19.1. The molecule has 1 aliphatic heterocycles. The number of carbonyl (C=O) groups is 3. The van der Waals surface area contributed by atoms with Gasteiger partial charge in [-0.2, -0.15) is 0 Å². The van der Waals surface area contributed by atoms with E-state index < -0.39 is 23.9 Å². The molecule has 1 fully saturated rings. The zero-order valence-electron chi connectivity index (χ0n) is 15.1. The van der Waals surface area contributed by atoms with Gasteiger partial charge in [0.2, 0.25) is 0 Å². The van der Waals surface area contributed by atoms with E-state index in [4.69, 9.17) is 14.2 Å². The molecule has 0 radical (unpaired) electrons. The van der Waals surface area contributed by atoms with Crippen molar-refractivity contribution in [3.8, 4) is 11.5 Å². The highest BCUT2D eigenvalue weighted by atomic mass is 16.6. The molecule has 0 unspecified atom stereocenters. The third-order valence-electron chi connectivity index (χ3n) is 4.08. The van der Waals surface area contributed by atoms with E-state index in [1.165, 1.54) is 37.3 Å². The van der Waals surface area contributed by atoms with E-state index in [9.17, 15) is 14.4 Å². The molecular formula is C18H23NO7. The second-order valence-electron chi connectivity index (χ2n) is 5.76. The van der Waals surface area contributed by atoms with Crippen LogP contribution >= 0.6 is 0 Å². The van der Waals surface area contributed by atoms with Gasteiger partial charge in [-0.3, -0.25) is 4.79 Å². The third-order valence-corrected chi connectivity index (χ3v) is 4.08. The Morgan fingerprint density at radius 3 is 2.62 bits per heavy atom. The molecule has 1 amide bonds. The smallest absolute Gasteiger partial charge is 0.409 e. The fourth-order valence-corrected chi connectivity index (χ4v) is 2.74. The maximum atomic E-state index is 12.5. The van der Waals surface area contributed by atoms with Crippen molar-refractivity contribution < 1.29 is 33.3 Å². The third kappa shape index (κ3) is 4.65. The number of rotatable bonds is 5. The number of hydrogen-bond donors (Lipinski definition) is 0. The Kier molecular flexibility index (Phi) is 6.82. The number of amides is 1. The lowest BCUT2D eigenvalue weighted by Gasteiger charge is -2.30. The molecule has 26 heavy (non-hydrogen) atoms. The Balaban J connectivity index is 2.06. The monoisotopic (exact) mass is 365 g/mol. The predicted octanol–water partition coefficient (Wildman–Crippen LogP) is 2.26. The first-order chi connectivity index (χ1) is 12.5. The van der Waals surface area contributed by atoms with Gasteiger partial charge in [0.1, 0.15) is 0 Å². The van der Waals surface area contributed by atoms with Gasteiger partial charge >= 0.3 is 18.0 Å². The predicted molar refractivity (Wildman–Crippen MR) is 91.3 cm³/mol. The van der Waals surface area contributed by atoms with Gasteiger partial charge in [-0.15, -0.1) is 0 Å². The summed E-state index contributed by atoms with van der Waals surface area (Å²) in [4.78, 5) is 37.4. The van der Waals surface area contributed by atoms with Crippen LogP contribution in [0.25, 0.3) is 0 Å². The number of esters is 2. The molecule has 0 aliphatic carbocycles. The lowest BCUT2D eigenvalue weighted by molar-refractivity contribution is -0.140. The van der Waals surface area contributed by atoms with Crippen molar-refractivity contribution in [1.82, 2.24) is 4.90 Å². The molecule has 0 bridgehead atoms. The molecule has 1 aliphatic rings. The van der Waals surface area contributed by atoms with Crippen molar-refractivity contribution in [2.45, 2.75) is 19.8 Å². The Hall–Kier alpha value is -2.77. The molecule has 8 nitrogen and oxygen atoms in total. The van der Waals surface area contributed by atoms with E-state index in [0.717, 1.165) is 0 Å². The summed E-state index contributed by atoms with van der Waals surface area (Å²) in [5.41, 5.74) is 0.287. The first-order valence-electron chi connectivity index (χ1n) is 8.39. The summed E-state index contributed by atoms with van der Waals surface area (Å²) in [6.45, 7) is 2.83. The molecule has 8 heteroatoms. The Bertz CT molecular complexity index is 674. The summed E-state index contributed by atoms with van der Waals surface area (Å²) in [5.74, 6) is -0.961. The lowest BCUT2D eigenvalue weighted by Crippen LogP contribution is -2.43. The Morgan fingerprint density at radius 2 is 1.96 bits per heavy atom. The molecule has 1 heterocycles. The van der Waals surface area contributed by atoms with E-state index in [0.29, 0.717) is 19.4 Å². The largest absolute Gasteiger partial charge is 0.493 e. The first kappa shape index (κ1) is 19.6. The van der Waals surface area contributed by atoms with Crippen LogP contribution in [0.5, 0.6) is 11.5 Å². The molecule has 0 spiro atoms. The fourth-order valence-electron chi connectivity index (χ4n) is 2.74. The normalized spacial score (nSPS) is 16.6. The number of benzene rings is 1. The fraction of sp³-hybridized carbons (Fsp3) is 0.500.